The van der Waals surface area contributed by atoms with Crippen molar-refractivity contribution in [3.05, 3.63) is 59.9 Å². The van der Waals surface area contributed by atoms with Crippen LogP contribution in [0.15, 0.2) is 48.5 Å². The molecule has 0 aromatic heterocycles. The quantitative estimate of drug-likeness (QED) is 0.919. The molecule has 3 rings (SSSR count). The lowest BCUT2D eigenvalue weighted by Crippen LogP contribution is -2.45. The first-order valence-electron chi connectivity index (χ1n) is 8.61. The van der Waals surface area contributed by atoms with Crippen molar-refractivity contribution < 1.29 is 13.9 Å². The summed E-state index contributed by atoms with van der Waals surface area (Å²) in [6.07, 6.45) is 2.06. The van der Waals surface area contributed by atoms with Gasteiger partial charge in [-0.25, -0.2) is 4.39 Å². The molecule has 0 unspecified atom stereocenters. The van der Waals surface area contributed by atoms with E-state index in [1.807, 2.05) is 11.8 Å². The number of benzene rings is 2. The lowest BCUT2D eigenvalue weighted by molar-refractivity contribution is 0.0661. The van der Waals surface area contributed by atoms with E-state index in [0.717, 1.165) is 19.4 Å². The van der Waals surface area contributed by atoms with Gasteiger partial charge in [0.1, 0.15) is 17.3 Å². The molecule has 2 aromatic carbocycles. The minimum atomic E-state index is -0.349. The van der Waals surface area contributed by atoms with Gasteiger partial charge in [-0.3, -0.25) is 4.79 Å². The fraction of sp³-hybridized carbons (Fsp3) is 0.350. The molecule has 0 spiro atoms. The van der Waals surface area contributed by atoms with Crippen LogP contribution in [0.4, 0.5) is 4.39 Å². The van der Waals surface area contributed by atoms with Gasteiger partial charge >= 0.3 is 0 Å². The first-order chi connectivity index (χ1) is 12.0. The van der Waals surface area contributed by atoms with Gasteiger partial charge in [-0.1, -0.05) is 6.07 Å². The number of carbonyl (C=O) groups excluding carboxylic acids is 1. The summed E-state index contributed by atoms with van der Waals surface area (Å²) in [5.74, 6) is 1.01. The second kappa shape index (κ2) is 7.66. The molecule has 0 radical (unpaired) electrons. The average molecular weight is 342 g/mol. The number of hydrogen-bond acceptors (Lipinski definition) is 3. The molecule has 132 valence electrons. The van der Waals surface area contributed by atoms with E-state index in [-0.39, 0.29) is 17.8 Å². The van der Waals surface area contributed by atoms with Crippen LogP contribution in [-0.4, -0.2) is 29.9 Å². The van der Waals surface area contributed by atoms with Crippen molar-refractivity contribution in [2.24, 2.45) is 11.7 Å². The average Bonchev–Trinajstić information content (AvgIpc) is 2.62. The number of hydrogen-bond donors (Lipinski definition) is 1. The molecular formula is C20H23FN2O2. The van der Waals surface area contributed by atoms with Gasteiger partial charge in [-0.05, 0) is 62.1 Å². The molecule has 2 N–H and O–H groups in total. The van der Waals surface area contributed by atoms with Gasteiger partial charge in [0.15, 0.2) is 0 Å². The van der Waals surface area contributed by atoms with Crippen LogP contribution in [-0.2, 0) is 0 Å². The highest BCUT2D eigenvalue weighted by Gasteiger charge is 2.26. The Labute approximate surface area is 147 Å². The topological polar surface area (TPSA) is 55.6 Å². The molecular weight excluding hydrogens is 319 g/mol. The summed E-state index contributed by atoms with van der Waals surface area (Å²) in [7, 11) is 0. The van der Waals surface area contributed by atoms with Crippen molar-refractivity contribution in [1.29, 1.82) is 0 Å². The smallest absolute Gasteiger partial charge is 0.253 e. The van der Waals surface area contributed by atoms with Gasteiger partial charge < -0.3 is 15.4 Å². The number of amides is 1. The predicted octanol–water partition coefficient (Wildman–Crippen LogP) is 3.82. The highest BCUT2D eigenvalue weighted by Crippen LogP contribution is 2.24. The zero-order valence-electron chi connectivity index (χ0n) is 14.3. The first-order valence-corrected chi connectivity index (χ1v) is 8.61. The molecule has 1 aliphatic heterocycles. The fourth-order valence-corrected chi connectivity index (χ4v) is 3.14. The molecule has 2 aromatic rings. The number of halogens is 1. The SMILES string of the molecule is C[C@@H](N)[C@@H]1CCCN(C(=O)c2ccc(Oc3cccc(F)c3)cc2)C1. The first kappa shape index (κ1) is 17.4. The molecule has 25 heavy (non-hydrogen) atoms. The third kappa shape index (κ3) is 4.37. The van der Waals surface area contributed by atoms with Gasteiger partial charge in [-0.15, -0.1) is 0 Å². The Bertz CT molecular complexity index is 731. The van der Waals surface area contributed by atoms with Crippen molar-refractivity contribution in [1.82, 2.24) is 4.90 Å². The highest BCUT2D eigenvalue weighted by molar-refractivity contribution is 5.94. The molecule has 0 aliphatic carbocycles. The number of rotatable bonds is 4. The third-order valence-electron chi connectivity index (χ3n) is 4.62. The Hall–Kier alpha value is -2.40. The van der Waals surface area contributed by atoms with Gasteiger partial charge in [0.25, 0.3) is 5.91 Å². The minimum Gasteiger partial charge on any atom is -0.457 e. The molecule has 1 amide bonds. The number of likely N-dealkylation sites (tertiary alicyclic amines) is 1. The monoisotopic (exact) mass is 342 g/mol. The maximum Gasteiger partial charge on any atom is 0.253 e. The molecule has 1 fully saturated rings. The lowest BCUT2D eigenvalue weighted by Gasteiger charge is -2.34. The largest absolute Gasteiger partial charge is 0.457 e. The number of nitrogens with zero attached hydrogens (tertiary/aromatic N) is 1. The zero-order valence-corrected chi connectivity index (χ0v) is 14.3. The Morgan fingerprint density at radius 1 is 1.24 bits per heavy atom. The molecule has 5 heteroatoms. The Balaban J connectivity index is 1.66. The molecule has 0 bridgehead atoms. The summed E-state index contributed by atoms with van der Waals surface area (Å²) in [6.45, 7) is 3.47. The Morgan fingerprint density at radius 2 is 2.00 bits per heavy atom. The van der Waals surface area contributed by atoms with Crippen molar-refractivity contribution in [3.63, 3.8) is 0 Å². The second-order valence-corrected chi connectivity index (χ2v) is 6.60. The normalized spacial score (nSPS) is 18.7. The van der Waals surface area contributed by atoms with Crippen LogP contribution in [0, 0.1) is 11.7 Å². The van der Waals surface area contributed by atoms with E-state index in [4.69, 9.17) is 10.5 Å². The van der Waals surface area contributed by atoms with Crippen LogP contribution >= 0.6 is 0 Å². The van der Waals surface area contributed by atoms with Crippen LogP contribution in [0.3, 0.4) is 0 Å². The van der Waals surface area contributed by atoms with E-state index in [9.17, 15) is 9.18 Å². The third-order valence-corrected chi connectivity index (χ3v) is 4.62. The maximum absolute atomic E-state index is 13.2. The van der Waals surface area contributed by atoms with Gasteiger partial charge in [0, 0.05) is 30.8 Å². The van der Waals surface area contributed by atoms with Gasteiger partial charge in [-0.2, -0.15) is 0 Å². The van der Waals surface area contributed by atoms with Crippen LogP contribution in [0.2, 0.25) is 0 Å². The number of ether oxygens (including phenoxy) is 1. The summed E-state index contributed by atoms with van der Waals surface area (Å²) >= 11 is 0. The zero-order chi connectivity index (χ0) is 17.8. The van der Waals surface area contributed by atoms with Crippen molar-refractivity contribution in [2.45, 2.75) is 25.8 Å². The Morgan fingerprint density at radius 3 is 2.68 bits per heavy atom. The van der Waals surface area contributed by atoms with Gasteiger partial charge in [0.05, 0.1) is 0 Å². The van der Waals surface area contributed by atoms with Gasteiger partial charge in [0.2, 0.25) is 0 Å². The fourth-order valence-electron chi connectivity index (χ4n) is 3.14. The summed E-state index contributed by atoms with van der Waals surface area (Å²) in [6, 6.07) is 13.0. The lowest BCUT2D eigenvalue weighted by atomic mass is 9.92. The minimum absolute atomic E-state index is 0.0163. The molecule has 1 aliphatic rings. The van der Waals surface area contributed by atoms with E-state index < -0.39 is 0 Å². The van der Waals surface area contributed by atoms with E-state index >= 15 is 0 Å². The van der Waals surface area contributed by atoms with Crippen molar-refractivity contribution >= 4 is 5.91 Å². The van der Waals surface area contributed by atoms with Crippen LogP contribution < -0.4 is 10.5 Å². The summed E-state index contributed by atoms with van der Waals surface area (Å²) in [5, 5.41) is 0. The van der Waals surface area contributed by atoms with E-state index in [2.05, 4.69) is 0 Å². The predicted molar refractivity (Wildman–Crippen MR) is 95.2 cm³/mol. The van der Waals surface area contributed by atoms with Crippen molar-refractivity contribution in [2.75, 3.05) is 13.1 Å². The number of carbonyl (C=O) groups is 1. The summed E-state index contributed by atoms with van der Waals surface area (Å²) in [5.41, 5.74) is 6.61. The molecule has 0 saturated carbocycles. The van der Waals surface area contributed by atoms with E-state index in [1.54, 1.807) is 36.4 Å². The summed E-state index contributed by atoms with van der Waals surface area (Å²) < 4.78 is 18.8. The summed E-state index contributed by atoms with van der Waals surface area (Å²) in [4.78, 5) is 14.6. The second-order valence-electron chi connectivity index (χ2n) is 6.60. The molecule has 1 saturated heterocycles. The highest BCUT2D eigenvalue weighted by atomic mass is 19.1. The molecule has 1 heterocycles. The number of piperidine rings is 1. The van der Waals surface area contributed by atoms with Crippen molar-refractivity contribution in [3.8, 4) is 11.5 Å². The maximum atomic E-state index is 13.2. The standard InChI is InChI=1S/C20H23FN2O2/c1-14(22)16-4-3-11-23(13-16)20(24)15-7-9-18(10-8-15)25-19-6-2-5-17(21)12-19/h2,5-10,12,14,16H,3-4,11,13,22H2,1H3/t14-,16-/m1/s1. The van der Waals surface area contributed by atoms with E-state index in [0.29, 0.717) is 29.5 Å². The van der Waals surface area contributed by atoms with E-state index in [1.165, 1.54) is 12.1 Å². The molecule has 2 atom stereocenters. The van der Waals surface area contributed by atoms with Crippen LogP contribution in [0.25, 0.3) is 0 Å². The number of nitrogens with two attached hydrogens (primary N) is 1. The van der Waals surface area contributed by atoms with Crippen LogP contribution in [0.1, 0.15) is 30.1 Å². The Kier molecular flexibility index (Phi) is 5.34. The van der Waals surface area contributed by atoms with Crippen LogP contribution in [0.5, 0.6) is 11.5 Å². The molecule has 4 nitrogen and oxygen atoms in total.